The SMILES string of the molecule is Cc1ccc(-n2ncc(C(=O)NCC(c3ccccc3)N(C)C)c2C(F)(F)F)cc1. The van der Waals surface area contributed by atoms with Gasteiger partial charge in [-0.25, -0.2) is 4.68 Å². The highest BCUT2D eigenvalue weighted by atomic mass is 19.4. The molecule has 1 aromatic heterocycles. The summed E-state index contributed by atoms with van der Waals surface area (Å²) in [6.07, 6.45) is -3.78. The molecule has 8 heteroatoms. The standard InChI is InChI=1S/C22H23F3N4O/c1-15-9-11-17(12-10-15)29-20(22(23,24)25)18(13-27-29)21(30)26-14-19(28(2)3)16-7-5-4-6-8-16/h4-13,19H,14H2,1-3H3,(H,26,30). The number of hydrogen-bond acceptors (Lipinski definition) is 3. The Balaban J connectivity index is 1.88. The minimum Gasteiger partial charge on any atom is -0.350 e. The van der Waals surface area contributed by atoms with Crippen molar-refractivity contribution in [2.75, 3.05) is 20.6 Å². The lowest BCUT2D eigenvalue weighted by molar-refractivity contribution is -0.143. The van der Waals surface area contributed by atoms with Crippen LogP contribution < -0.4 is 5.32 Å². The van der Waals surface area contributed by atoms with Crippen LogP contribution in [0.3, 0.4) is 0 Å². The number of aryl methyl sites for hydroxylation is 1. The number of carbonyl (C=O) groups excluding carboxylic acids is 1. The molecule has 3 rings (SSSR count). The van der Waals surface area contributed by atoms with Gasteiger partial charge < -0.3 is 10.2 Å². The van der Waals surface area contributed by atoms with E-state index in [9.17, 15) is 18.0 Å². The molecule has 0 radical (unpaired) electrons. The Morgan fingerprint density at radius 1 is 1.10 bits per heavy atom. The van der Waals surface area contributed by atoms with E-state index in [-0.39, 0.29) is 18.3 Å². The molecule has 158 valence electrons. The monoisotopic (exact) mass is 416 g/mol. The number of nitrogens with zero attached hydrogens (tertiary/aromatic N) is 3. The lowest BCUT2D eigenvalue weighted by atomic mass is 10.1. The van der Waals surface area contributed by atoms with Gasteiger partial charge in [0.1, 0.15) is 0 Å². The molecule has 5 nitrogen and oxygen atoms in total. The lowest BCUT2D eigenvalue weighted by Gasteiger charge is -2.25. The number of halogens is 3. The fraction of sp³-hybridized carbons (Fsp3) is 0.273. The lowest BCUT2D eigenvalue weighted by Crippen LogP contribution is -2.35. The van der Waals surface area contributed by atoms with E-state index in [1.54, 1.807) is 12.1 Å². The van der Waals surface area contributed by atoms with E-state index in [1.165, 1.54) is 12.1 Å². The van der Waals surface area contributed by atoms with Gasteiger partial charge in [-0.2, -0.15) is 18.3 Å². The molecule has 0 fully saturated rings. The van der Waals surface area contributed by atoms with Crippen LogP contribution in [0.25, 0.3) is 5.69 Å². The first-order chi connectivity index (χ1) is 14.2. The van der Waals surface area contributed by atoms with E-state index >= 15 is 0 Å². The highest BCUT2D eigenvalue weighted by molar-refractivity contribution is 5.95. The van der Waals surface area contributed by atoms with Crippen molar-refractivity contribution in [3.8, 4) is 5.69 Å². The van der Waals surface area contributed by atoms with Gasteiger partial charge in [-0.05, 0) is 38.7 Å². The maximum absolute atomic E-state index is 13.8. The zero-order valence-corrected chi connectivity index (χ0v) is 16.9. The number of rotatable bonds is 6. The normalized spacial score (nSPS) is 12.8. The average Bonchev–Trinajstić information content (AvgIpc) is 3.15. The van der Waals surface area contributed by atoms with Gasteiger partial charge in [-0.1, -0.05) is 48.0 Å². The summed E-state index contributed by atoms with van der Waals surface area (Å²) < 4.78 is 42.2. The second-order valence-electron chi connectivity index (χ2n) is 7.25. The fourth-order valence-corrected chi connectivity index (χ4v) is 3.23. The van der Waals surface area contributed by atoms with E-state index in [2.05, 4.69) is 10.4 Å². The second kappa shape index (κ2) is 8.71. The van der Waals surface area contributed by atoms with Gasteiger partial charge in [0.05, 0.1) is 23.5 Å². The predicted octanol–water partition coefficient (Wildman–Crippen LogP) is 4.23. The van der Waals surface area contributed by atoms with Crippen molar-refractivity contribution in [2.24, 2.45) is 0 Å². The molecule has 1 atom stereocenters. The molecule has 2 aromatic carbocycles. The number of alkyl halides is 3. The number of carbonyl (C=O) groups is 1. The third kappa shape index (κ3) is 4.71. The Hall–Kier alpha value is -3.13. The Morgan fingerprint density at radius 2 is 1.73 bits per heavy atom. The molecule has 0 aliphatic heterocycles. The molecule has 0 aliphatic rings. The number of nitrogens with one attached hydrogen (secondary N) is 1. The third-order valence-corrected chi connectivity index (χ3v) is 4.82. The average molecular weight is 416 g/mol. The zero-order valence-electron chi connectivity index (χ0n) is 16.9. The summed E-state index contributed by atoms with van der Waals surface area (Å²) in [7, 11) is 3.70. The minimum atomic E-state index is -4.74. The van der Waals surface area contributed by atoms with E-state index < -0.39 is 23.3 Å². The summed E-state index contributed by atoms with van der Waals surface area (Å²) >= 11 is 0. The Bertz CT molecular complexity index is 995. The molecule has 30 heavy (non-hydrogen) atoms. The Labute approximate surface area is 173 Å². The van der Waals surface area contributed by atoms with E-state index in [0.29, 0.717) is 0 Å². The van der Waals surface area contributed by atoms with Gasteiger partial charge in [-0.15, -0.1) is 0 Å². The molecular formula is C22H23F3N4O. The van der Waals surface area contributed by atoms with Crippen LogP contribution in [-0.2, 0) is 6.18 Å². The van der Waals surface area contributed by atoms with Gasteiger partial charge in [0.2, 0.25) is 0 Å². The van der Waals surface area contributed by atoms with Crippen molar-refractivity contribution in [3.63, 3.8) is 0 Å². The van der Waals surface area contributed by atoms with Crippen LogP contribution in [-0.4, -0.2) is 41.2 Å². The topological polar surface area (TPSA) is 50.2 Å². The van der Waals surface area contributed by atoms with Crippen molar-refractivity contribution < 1.29 is 18.0 Å². The number of amides is 1. The number of likely N-dealkylation sites (N-methyl/N-ethyl adjacent to an activating group) is 1. The first-order valence-electron chi connectivity index (χ1n) is 9.40. The quantitative estimate of drug-likeness (QED) is 0.654. The van der Waals surface area contributed by atoms with Crippen molar-refractivity contribution in [2.45, 2.75) is 19.1 Å². The first-order valence-corrected chi connectivity index (χ1v) is 9.40. The molecule has 0 saturated carbocycles. The second-order valence-corrected chi connectivity index (χ2v) is 7.25. The Morgan fingerprint density at radius 3 is 2.30 bits per heavy atom. The zero-order chi connectivity index (χ0) is 21.9. The largest absolute Gasteiger partial charge is 0.434 e. The van der Waals surface area contributed by atoms with E-state index in [1.807, 2.05) is 56.3 Å². The summed E-state index contributed by atoms with van der Waals surface area (Å²) in [6, 6.07) is 15.7. The minimum absolute atomic E-state index is 0.156. The highest BCUT2D eigenvalue weighted by Crippen LogP contribution is 2.33. The van der Waals surface area contributed by atoms with Gasteiger partial charge in [-0.3, -0.25) is 4.79 Å². The van der Waals surface area contributed by atoms with Crippen LogP contribution in [0.4, 0.5) is 13.2 Å². The molecule has 3 aromatic rings. The summed E-state index contributed by atoms with van der Waals surface area (Å²) in [4.78, 5) is 14.6. The van der Waals surface area contributed by atoms with Gasteiger partial charge in [0.15, 0.2) is 5.69 Å². The maximum atomic E-state index is 13.8. The summed E-state index contributed by atoms with van der Waals surface area (Å²) in [5.41, 5.74) is 0.503. The van der Waals surface area contributed by atoms with Crippen molar-refractivity contribution in [3.05, 3.63) is 83.2 Å². The molecule has 1 amide bonds. The molecular weight excluding hydrogens is 393 g/mol. The Kier molecular flexibility index (Phi) is 6.26. The molecule has 1 unspecified atom stereocenters. The van der Waals surface area contributed by atoms with Crippen LogP contribution in [0.5, 0.6) is 0 Å². The molecule has 0 bridgehead atoms. The first kappa shape index (κ1) is 21.6. The third-order valence-electron chi connectivity index (χ3n) is 4.82. The number of benzene rings is 2. The summed E-state index contributed by atoms with van der Waals surface area (Å²) in [6.45, 7) is 1.99. The number of hydrogen-bond donors (Lipinski definition) is 1. The van der Waals surface area contributed by atoms with Gasteiger partial charge >= 0.3 is 6.18 Å². The highest BCUT2D eigenvalue weighted by Gasteiger charge is 2.40. The molecule has 0 aliphatic carbocycles. The van der Waals surface area contributed by atoms with Gasteiger partial charge in [0, 0.05) is 6.54 Å². The number of aromatic nitrogens is 2. The summed E-state index contributed by atoms with van der Waals surface area (Å²) in [5, 5.41) is 6.48. The molecule has 0 saturated heterocycles. The van der Waals surface area contributed by atoms with Crippen LogP contribution >= 0.6 is 0 Å². The smallest absolute Gasteiger partial charge is 0.350 e. The van der Waals surface area contributed by atoms with Crippen molar-refractivity contribution in [1.29, 1.82) is 0 Å². The molecule has 1 heterocycles. The van der Waals surface area contributed by atoms with Crippen molar-refractivity contribution in [1.82, 2.24) is 20.0 Å². The maximum Gasteiger partial charge on any atom is 0.434 e. The van der Waals surface area contributed by atoms with E-state index in [0.717, 1.165) is 22.0 Å². The van der Waals surface area contributed by atoms with Crippen LogP contribution in [0.2, 0.25) is 0 Å². The molecule has 1 N–H and O–H groups in total. The predicted molar refractivity (Wildman–Crippen MR) is 109 cm³/mol. The van der Waals surface area contributed by atoms with Crippen LogP contribution in [0.1, 0.15) is 33.2 Å². The van der Waals surface area contributed by atoms with E-state index in [4.69, 9.17) is 0 Å². The fourth-order valence-electron chi connectivity index (χ4n) is 3.23. The molecule has 0 spiro atoms. The van der Waals surface area contributed by atoms with Gasteiger partial charge in [0.25, 0.3) is 5.91 Å². The van der Waals surface area contributed by atoms with Crippen LogP contribution in [0.15, 0.2) is 60.8 Å². The van der Waals surface area contributed by atoms with Crippen LogP contribution in [0, 0.1) is 6.92 Å². The summed E-state index contributed by atoms with van der Waals surface area (Å²) in [5.74, 6) is -0.816. The van der Waals surface area contributed by atoms with Crippen molar-refractivity contribution >= 4 is 5.91 Å².